The van der Waals surface area contributed by atoms with E-state index in [9.17, 15) is 13.2 Å². The number of amides is 1. The number of hydrogen-bond acceptors (Lipinski definition) is 5. The first-order valence-electron chi connectivity index (χ1n) is 7.66. The van der Waals surface area contributed by atoms with Gasteiger partial charge in [0.25, 0.3) is 5.91 Å². The van der Waals surface area contributed by atoms with Gasteiger partial charge in [-0.1, -0.05) is 0 Å². The van der Waals surface area contributed by atoms with Crippen LogP contribution in [0.2, 0.25) is 0 Å². The minimum atomic E-state index is -3.78. The van der Waals surface area contributed by atoms with Crippen molar-refractivity contribution in [2.24, 2.45) is 16.5 Å². The Morgan fingerprint density at radius 1 is 1.08 bits per heavy atom. The maximum Gasteiger partial charge on any atom is 0.280 e. The number of hydrogen-bond donors (Lipinski definition) is 3. The summed E-state index contributed by atoms with van der Waals surface area (Å²) >= 11 is 0. The molecule has 0 fully saturated rings. The fourth-order valence-electron chi connectivity index (χ4n) is 2.92. The van der Waals surface area contributed by atoms with E-state index in [0.29, 0.717) is 22.6 Å². The van der Waals surface area contributed by atoms with Crippen molar-refractivity contribution >= 4 is 27.4 Å². The maximum atomic E-state index is 12.9. The highest BCUT2D eigenvalue weighted by molar-refractivity contribution is 7.90. The number of aryl methyl sites for hydroxylation is 2. The Kier molecular flexibility index (Phi) is 4.11. The lowest BCUT2D eigenvalue weighted by atomic mass is 10.1. The SMILES string of the molecule is Cc1cc(N)cc2c1Oc1c(C)cc(C(=O)N=C(N)N)cc1S(=O)(=O)C2. The van der Waals surface area contributed by atoms with Crippen LogP contribution in [-0.4, -0.2) is 20.3 Å². The van der Waals surface area contributed by atoms with Crippen LogP contribution in [0.25, 0.3) is 0 Å². The average molecular weight is 374 g/mol. The number of anilines is 1. The van der Waals surface area contributed by atoms with E-state index in [1.54, 1.807) is 26.0 Å². The highest BCUT2D eigenvalue weighted by Gasteiger charge is 2.30. The molecule has 1 aliphatic rings. The lowest BCUT2D eigenvalue weighted by Gasteiger charge is -2.14. The molecule has 2 aromatic rings. The zero-order chi connectivity index (χ0) is 19.2. The molecule has 136 valence electrons. The maximum absolute atomic E-state index is 12.9. The monoisotopic (exact) mass is 374 g/mol. The summed E-state index contributed by atoms with van der Waals surface area (Å²) in [6.07, 6.45) is 0. The van der Waals surface area contributed by atoms with E-state index in [1.165, 1.54) is 12.1 Å². The van der Waals surface area contributed by atoms with E-state index in [2.05, 4.69) is 4.99 Å². The third-order valence-corrected chi connectivity index (χ3v) is 5.64. The first kappa shape index (κ1) is 17.7. The molecule has 0 saturated carbocycles. The number of nitrogen functional groups attached to an aromatic ring is 1. The predicted octanol–water partition coefficient (Wildman–Crippen LogP) is 1.38. The number of sulfone groups is 1. The van der Waals surface area contributed by atoms with Crippen LogP contribution in [0.4, 0.5) is 5.69 Å². The van der Waals surface area contributed by atoms with Gasteiger partial charge in [0.2, 0.25) is 0 Å². The largest absolute Gasteiger partial charge is 0.455 e. The smallest absolute Gasteiger partial charge is 0.280 e. The van der Waals surface area contributed by atoms with Crippen LogP contribution < -0.4 is 21.9 Å². The number of benzene rings is 2. The number of carbonyl (C=O) groups excluding carboxylic acids is 1. The van der Waals surface area contributed by atoms with E-state index < -0.39 is 21.7 Å². The molecule has 0 aromatic heterocycles. The Morgan fingerprint density at radius 3 is 2.38 bits per heavy atom. The lowest BCUT2D eigenvalue weighted by Crippen LogP contribution is -2.24. The standard InChI is InChI=1S/C17H18N4O4S/c1-8-3-10(16(22)21-17(19)20)6-13-15(8)25-14-9(2)4-12(18)5-11(14)7-26(13,23)24/h3-6H,7,18H2,1-2H3,(H4,19,20,21,22). The Bertz CT molecular complexity index is 1070. The zero-order valence-corrected chi connectivity index (χ0v) is 15.1. The summed E-state index contributed by atoms with van der Waals surface area (Å²) < 4.78 is 31.8. The van der Waals surface area contributed by atoms with Crippen molar-refractivity contribution < 1.29 is 17.9 Å². The van der Waals surface area contributed by atoms with Crippen LogP contribution in [0.1, 0.15) is 27.0 Å². The second kappa shape index (κ2) is 6.03. The molecular weight excluding hydrogens is 356 g/mol. The Balaban J connectivity index is 2.24. The minimum Gasteiger partial charge on any atom is -0.455 e. The predicted molar refractivity (Wildman–Crippen MR) is 97.9 cm³/mol. The van der Waals surface area contributed by atoms with Crippen LogP contribution >= 0.6 is 0 Å². The molecule has 0 spiro atoms. The summed E-state index contributed by atoms with van der Waals surface area (Å²) in [5.74, 6) is -0.792. The van der Waals surface area contributed by atoms with Crippen molar-refractivity contribution in [3.63, 3.8) is 0 Å². The van der Waals surface area contributed by atoms with Crippen molar-refractivity contribution in [1.82, 2.24) is 0 Å². The molecule has 0 bridgehead atoms. The van der Waals surface area contributed by atoms with Gasteiger partial charge in [-0.05, 0) is 49.2 Å². The average Bonchev–Trinajstić information content (AvgIpc) is 2.60. The molecule has 1 aliphatic heterocycles. The second-order valence-corrected chi connectivity index (χ2v) is 8.11. The van der Waals surface area contributed by atoms with Crippen molar-refractivity contribution in [2.45, 2.75) is 24.5 Å². The van der Waals surface area contributed by atoms with E-state index in [0.717, 1.165) is 5.56 Å². The first-order chi connectivity index (χ1) is 12.1. The quantitative estimate of drug-likeness (QED) is 0.387. The van der Waals surface area contributed by atoms with Crippen molar-refractivity contribution in [3.8, 4) is 11.5 Å². The number of fused-ring (bicyclic) bond motifs is 2. The highest BCUT2D eigenvalue weighted by Crippen LogP contribution is 2.42. The fourth-order valence-corrected chi connectivity index (χ4v) is 4.49. The number of nitrogens with zero attached hydrogens (tertiary/aromatic N) is 1. The topological polar surface area (TPSA) is 151 Å². The van der Waals surface area contributed by atoms with Gasteiger partial charge in [-0.3, -0.25) is 4.79 Å². The summed E-state index contributed by atoms with van der Waals surface area (Å²) in [5, 5.41) is 0. The molecule has 0 unspecified atom stereocenters. The van der Waals surface area contributed by atoms with Gasteiger partial charge in [-0.25, -0.2) is 8.42 Å². The van der Waals surface area contributed by atoms with Gasteiger partial charge < -0.3 is 21.9 Å². The van der Waals surface area contributed by atoms with E-state index in [-0.39, 0.29) is 22.0 Å². The number of rotatable bonds is 1. The van der Waals surface area contributed by atoms with Crippen molar-refractivity contribution in [2.75, 3.05) is 5.73 Å². The molecule has 0 radical (unpaired) electrons. The summed E-state index contributed by atoms with van der Waals surface area (Å²) in [5.41, 5.74) is 18.5. The molecule has 0 saturated heterocycles. The molecule has 1 amide bonds. The summed E-state index contributed by atoms with van der Waals surface area (Å²) in [6, 6.07) is 6.01. The number of nitrogens with two attached hydrogens (primary N) is 3. The molecular formula is C17H18N4O4S. The van der Waals surface area contributed by atoms with Crippen LogP contribution in [0.3, 0.4) is 0 Å². The van der Waals surface area contributed by atoms with Crippen LogP contribution in [0.5, 0.6) is 11.5 Å². The molecule has 0 atom stereocenters. The first-order valence-corrected chi connectivity index (χ1v) is 9.32. The molecule has 26 heavy (non-hydrogen) atoms. The van der Waals surface area contributed by atoms with Crippen LogP contribution in [0, 0.1) is 13.8 Å². The van der Waals surface area contributed by atoms with Crippen molar-refractivity contribution in [3.05, 3.63) is 46.5 Å². The third kappa shape index (κ3) is 3.08. The number of carbonyl (C=O) groups is 1. The van der Waals surface area contributed by atoms with Gasteiger partial charge >= 0.3 is 0 Å². The normalized spacial score (nSPS) is 14.4. The van der Waals surface area contributed by atoms with Gasteiger partial charge in [-0.2, -0.15) is 4.99 Å². The molecule has 9 heteroatoms. The van der Waals surface area contributed by atoms with Crippen molar-refractivity contribution in [1.29, 1.82) is 0 Å². The van der Waals surface area contributed by atoms with Gasteiger partial charge in [-0.15, -0.1) is 0 Å². The zero-order valence-electron chi connectivity index (χ0n) is 14.2. The third-order valence-electron chi connectivity index (χ3n) is 3.98. The van der Waals surface area contributed by atoms with E-state index >= 15 is 0 Å². The van der Waals surface area contributed by atoms with E-state index in [4.69, 9.17) is 21.9 Å². The number of ether oxygens (including phenoxy) is 1. The summed E-state index contributed by atoms with van der Waals surface area (Å²) in [7, 11) is -3.78. The molecule has 0 aliphatic carbocycles. The van der Waals surface area contributed by atoms with Gasteiger partial charge in [0.05, 0.1) is 5.75 Å². The number of guanidine groups is 1. The van der Waals surface area contributed by atoms with Gasteiger partial charge in [0, 0.05) is 16.8 Å². The van der Waals surface area contributed by atoms with Crippen LogP contribution in [0.15, 0.2) is 34.2 Å². The van der Waals surface area contributed by atoms with E-state index in [1.807, 2.05) is 0 Å². The summed E-state index contributed by atoms with van der Waals surface area (Å²) in [4.78, 5) is 15.5. The molecule has 3 rings (SSSR count). The Labute approximate surface area is 150 Å². The fraction of sp³-hybridized carbons (Fsp3) is 0.176. The molecule has 2 aromatic carbocycles. The molecule has 8 nitrogen and oxygen atoms in total. The van der Waals surface area contributed by atoms with Gasteiger partial charge in [0.15, 0.2) is 15.8 Å². The lowest BCUT2D eigenvalue weighted by molar-refractivity contribution is 0.100. The Hall–Kier alpha value is -3.07. The summed E-state index contributed by atoms with van der Waals surface area (Å²) in [6.45, 7) is 3.44. The molecule has 1 heterocycles. The highest BCUT2D eigenvalue weighted by atomic mass is 32.2. The van der Waals surface area contributed by atoms with Gasteiger partial charge in [0.1, 0.15) is 16.4 Å². The molecule has 6 N–H and O–H groups in total. The second-order valence-electron chi connectivity index (χ2n) is 6.15. The minimum absolute atomic E-state index is 0.0593. The Morgan fingerprint density at radius 2 is 1.73 bits per heavy atom. The number of aliphatic imine (C=N–C) groups is 1. The van der Waals surface area contributed by atoms with Crippen LogP contribution in [-0.2, 0) is 15.6 Å².